The van der Waals surface area contributed by atoms with Crippen LogP contribution in [-0.2, 0) is 13.0 Å². The number of benzene rings is 2. The summed E-state index contributed by atoms with van der Waals surface area (Å²) >= 11 is 0. The number of nitrogens with zero attached hydrogens (tertiary/aromatic N) is 1. The molecule has 1 aliphatic heterocycles. The standard InChI is InChI=1S/C17H19N/c1-13-7-3-4-8-14(13)11-17-16-10-6-5-9-15(16)12-18(17)2/h3-10,17H,11-12H2,1-2H3. The van der Waals surface area contributed by atoms with Crippen molar-refractivity contribution in [1.29, 1.82) is 0 Å². The zero-order chi connectivity index (χ0) is 12.5. The summed E-state index contributed by atoms with van der Waals surface area (Å²) in [6, 6.07) is 18.1. The predicted octanol–water partition coefficient (Wildman–Crippen LogP) is 3.72. The maximum atomic E-state index is 2.46. The highest BCUT2D eigenvalue weighted by Crippen LogP contribution is 2.34. The average Bonchev–Trinajstić information content (AvgIpc) is 2.69. The van der Waals surface area contributed by atoms with Gasteiger partial charge in [-0.15, -0.1) is 0 Å². The molecule has 0 aromatic heterocycles. The van der Waals surface area contributed by atoms with Crippen molar-refractivity contribution in [2.24, 2.45) is 0 Å². The normalized spacial score (nSPS) is 18.9. The van der Waals surface area contributed by atoms with Crippen LogP contribution in [-0.4, -0.2) is 11.9 Å². The van der Waals surface area contributed by atoms with E-state index in [0.29, 0.717) is 6.04 Å². The maximum absolute atomic E-state index is 2.46. The number of rotatable bonds is 2. The lowest BCUT2D eigenvalue weighted by Gasteiger charge is -2.21. The molecule has 2 aromatic carbocycles. The summed E-state index contributed by atoms with van der Waals surface area (Å²) in [5.74, 6) is 0. The molecule has 1 unspecified atom stereocenters. The highest BCUT2D eigenvalue weighted by molar-refractivity contribution is 5.36. The number of aryl methyl sites for hydroxylation is 1. The molecule has 0 N–H and O–H groups in total. The summed E-state index contributed by atoms with van der Waals surface area (Å²) in [6.07, 6.45) is 1.11. The Balaban J connectivity index is 1.92. The summed E-state index contributed by atoms with van der Waals surface area (Å²) in [7, 11) is 2.23. The van der Waals surface area contributed by atoms with Crippen molar-refractivity contribution in [1.82, 2.24) is 4.90 Å². The van der Waals surface area contributed by atoms with Crippen molar-refractivity contribution in [3.8, 4) is 0 Å². The first-order chi connectivity index (χ1) is 8.75. The van der Waals surface area contributed by atoms with Crippen LogP contribution in [0.25, 0.3) is 0 Å². The third kappa shape index (κ3) is 1.95. The van der Waals surface area contributed by atoms with Crippen LogP contribution in [0.5, 0.6) is 0 Å². The Morgan fingerprint density at radius 1 is 1.06 bits per heavy atom. The first-order valence-corrected chi connectivity index (χ1v) is 6.58. The van der Waals surface area contributed by atoms with Crippen LogP contribution in [0.15, 0.2) is 48.5 Å². The molecule has 0 radical (unpaired) electrons. The van der Waals surface area contributed by atoms with E-state index >= 15 is 0 Å². The molecule has 1 atom stereocenters. The van der Waals surface area contributed by atoms with E-state index in [2.05, 4.69) is 67.4 Å². The van der Waals surface area contributed by atoms with E-state index in [0.717, 1.165) is 13.0 Å². The van der Waals surface area contributed by atoms with Gasteiger partial charge in [-0.25, -0.2) is 0 Å². The van der Waals surface area contributed by atoms with Crippen LogP contribution in [0, 0.1) is 6.92 Å². The third-order valence-corrected chi connectivity index (χ3v) is 4.04. The van der Waals surface area contributed by atoms with Gasteiger partial charge in [-0.2, -0.15) is 0 Å². The highest BCUT2D eigenvalue weighted by atomic mass is 15.1. The van der Waals surface area contributed by atoms with Gasteiger partial charge in [0.25, 0.3) is 0 Å². The zero-order valence-electron chi connectivity index (χ0n) is 11.1. The van der Waals surface area contributed by atoms with Gasteiger partial charge in [-0.05, 0) is 42.6 Å². The highest BCUT2D eigenvalue weighted by Gasteiger charge is 2.27. The van der Waals surface area contributed by atoms with E-state index in [1.54, 1.807) is 0 Å². The molecule has 1 heterocycles. The largest absolute Gasteiger partial charge is 0.295 e. The van der Waals surface area contributed by atoms with Gasteiger partial charge in [0, 0.05) is 12.6 Å². The molecule has 92 valence electrons. The van der Waals surface area contributed by atoms with Gasteiger partial charge in [-0.3, -0.25) is 4.90 Å². The molecule has 0 fully saturated rings. The molecule has 0 spiro atoms. The molecule has 0 bridgehead atoms. The lowest BCUT2D eigenvalue weighted by Crippen LogP contribution is -2.18. The number of fused-ring (bicyclic) bond motifs is 1. The molecular formula is C17H19N. The summed E-state index contributed by atoms with van der Waals surface area (Å²) in [6.45, 7) is 3.28. The van der Waals surface area contributed by atoms with Gasteiger partial charge < -0.3 is 0 Å². The summed E-state index contributed by atoms with van der Waals surface area (Å²) in [5.41, 5.74) is 5.85. The molecule has 0 saturated heterocycles. The number of hydrogen-bond acceptors (Lipinski definition) is 1. The minimum atomic E-state index is 0.530. The second-order valence-electron chi connectivity index (χ2n) is 5.26. The summed E-state index contributed by atoms with van der Waals surface area (Å²) in [5, 5.41) is 0. The van der Waals surface area contributed by atoms with E-state index in [4.69, 9.17) is 0 Å². The quantitative estimate of drug-likeness (QED) is 0.769. The van der Waals surface area contributed by atoms with Gasteiger partial charge in [0.1, 0.15) is 0 Å². The van der Waals surface area contributed by atoms with Crippen molar-refractivity contribution >= 4 is 0 Å². The first-order valence-electron chi connectivity index (χ1n) is 6.58. The van der Waals surface area contributed by atoms with Crippen molar-refractivity contribution in [3.63, 3.8) is 0 Å². The maximum Gasteiger partial charge on any atom is 0.0392 e. The predicted molar refractivity (Wildman–Crippen MR) is 75.5 cm³/mol. The molecule has 1 nitrogen and oxygen atoms in total. The van der Waals surface area contributed by atoms with E-state index in [1.807, 2.05) is 0 Å². The fraction of sp³-hybridized carbons (Fsp3) is 0.294. The third-order valence-electron chi connectivity index (χ3n) is 4.04. The molecule has 1 heteroatoms. The average molecular weight is 237 g/mol. The van der Waals surface area contributed by atoms with E-state index in [1.165, 1.54) is 22.3 Å². The number of likely N-dealkylation sites (N-methyl/N-ethyl adjacent to an activating group) is 1. The monoisotopic (exact) mass is 237 g/mol. The number of hydrogen-bond donors (Lipinski definition) is 0. The Bertz CT molecular complexity index is 559. The Kier molecular flexibility index (Phi) is 2.92. The molecule has 3 rings (SSSR count). The minimum absolute atomic E-state index is 0.530. The van der Waals surface area contributed by atoms with Crippen LogP contribution < -0.4 is 0 Å². The van der Waals surface area contributed by atoms with Crippen molar-refractivity contribution in [3.05, 3.63) is 70.8 Å². The van der Waals surface area contributed by atoms with Crippen LogP contribution in [0.4, 0.5) is 0 Å². The molecule has 18 heavy (non-hydrogen) atoms. The van der Waals surface area contributed by atoms with E-state index in [-0.39, 0.29) is 0 Å². The van der Waals surface area contributed by atoms with Gasteiger partial charge in [-0.1, -0.05) is 48.5 Å². The fourth-order valence-corrected chi connectivity index (χ4v) is 2.93. The zero-order valence-corrected chi connectivity index (χ0v) is 11.1. The summed E-state index contributed by atoms with van der Waals surface area (Å²) in [4.78, 5) is 2.46. The van der Waals surface area contributed by atoms with Crippen molar-refractivity contribution in [2.75, 3.05) is 7.05 Å². The lowest BCUT2D eigenvalue weighted by atomic mass is 9.96. The minimum Gasteiger partial charge on any atom is -0.295 e. The van der Waals surface area contributed by atoms with Gasteiger partial charge in [0.2, 0.25) is 0 Å². The molecule has 0 amide bonds. The van der Waals surface area contributed by atoms with Gasteiger partial charge >= 0.3 is 0 Å². The Morgan fingerprint density at radius 2 is 1.78 bits per heavy atom. The first kappa shape index (κ1) is 11.5. The van der Waals surface area contributed by atoms with Crippen molar-refractivity contribution < 1.29 is 0 Å². The Hall–Kier alpha value is -1.60. The van der Waals surface area contributed by atoms with E-state index in [9.17, 15) is 0 Å². The van der Waals surface area contributed by atoms with Gasteiger partial charge in [0.05, 0.1) is 0 Å². The molecular weight excluding hydrogens is 218 g/mol. The van der Waals surface area contributed by atoms with Crippen LogP contribution >= 0.6 is 0 Å². The smallest absolute Gasteiger partial charge is 0.0392 e. The summed E-state index contributed by atoms with van der Waals surface area (Å²) < 4.78 is 0. The van der Waals surface area contributed by atoms with Crippen LogP contribution in [0.1, 0.15) is 28.3 Å². The van der Waals surface area contributed by atoms with Crippen molar-refractivity contribution in [2.45, 2.75) is 25.9 Å². The fourth-order valence-electron chi connectivity index (χ4n) is 2.93. The Labute approximate surface area is 109 Å². The molecule has 0 aliphatic carbocycles. The molecule has 2 aromatic rings. The van der Waals surface area contributed by atoms with Crippen LogP contribution in [0.3, 0.4) is 0 Å². The van der Waals surface area contributed by atoms with E-state index < -0.39 is 0 Å². The van der Waals surface area contributed by atoms with Crippen LogP contribution in [0.2, 0.25) is 0 Å². The second-order valence-corrected chi connectivity index (χ2v) is 5.26. The Morgan fingerprint density at radius 3 is 2.61 bits per heavy atom. The molecule has 1 aliphatic rings. The SMILES string of the molecule is Cc1ccccc1CC1c2ccccc2CN1C. The topological polar surface area (TPSA) is 3.24 Å². The second kappa shape index (κ2) is 4.58. The van der Waals surface area contributed by atoms with Gasteiger partial charge in [0.15, 0.2) is 0 Å². The lowest BCUT2D eigenvalue weighted by molar-refractivity contribution is 0.267. The molecule has 0 saturated carbocycles.